The van der Waals surface area contributed by atoms with E-state index in [1.165, 1.54) is 17.4 Å². The van der Waals surface area contributed by atoms with Gasteiger partial charge in [0.1, 0.15) is 9.46 Å². The Morgan fingerprint density at radius 1 is 1.09 bits per heavy atom. The van der Waals surface area contributed by atoms with E-state index < -0.39 is 26.9 Å². The van der Waals surface area contributed by atoms with Crippen molar-refractivity contribution in [2.24, 2.45) is 0 Å². The van der Waals surface area contributed by atoms with Gasteiger partial charge >= 0.3 is 11.8 Å². The first-order valence-corrected chi connectivity index (χ1v) is 10.1. The number of sulfone groups is 1. The van der Waals surface area contributed by atoms with Crippen LogP contribution in [0.4, 0.5) is 0 Å². The summed E-state index contributed by atoms with van der Waals surface area (Å²) in [7, 11) is -3.63. The van der Waals surface area contributed by atoms with Crippen molar-refractivity contribution >= 4 is 44.3 Å². The first-order chi connectivity index (χ1) is 11.0. The van der Waals surface area contributed by atoms with Crippen molar-refractivity contribution in [1.29, 1.82) is 0 Å². The zero-order valence-corrected chi connectivity index (χ0v) is 14.8. The van der Waals surface area contributed by atoms with Gasteiger partial charge in [0.2, 0.25) is 0 Å². The summed E-state index contributed by atoms with van der Waals surface area (Å²) in [5, 5.41) is 7.32. The van der Waals surface area contributed by atoms with Gasteiger partial charge in [0.05, 0.1) is 0 Å². The van der Waals surface area contributed by atoms with Crippen molar-refractivity contribution < 1.29 is 18.0 Å². The molecule has 2 aromatic rings. The largest absolute Gasteiger partial charge is 0.348 e. The van der Waals surface area contributed by atoms with E-state index in [2.05, 4.69) is 10.6 Å². The fourth-order valence-corrected chi connectivity index (χ4v) is 5.90. The second kappa shape index (κ2) is 7.71. The van der Waals surface area contributed by atoms with E-state index in [0.29, 0.717) is 11.4 Å². The number of hydrogen-bond donors (Lipinski definition) is 2. The summed E-state index contributed by atoms with van der Waals surface area (Å²) >= 11 is 2.43. The summed E-state index contributed by atoms with van der Waals surface area (Å²) in [6.07, 6.45) is 0. The van der Waals surface area contributed by atoms with Gasteiger partial charge in [-0.3, -0.25) is 9.59 Å². The maximum atomic E-state index is 12.8. The van der Waals surface area contributed by atoms with E-state index in [9.17, 15) is 18.0 Å². The van der Waals surface area contributed by atoms with E-state index >= 15 is 0 Å². The number of carbonyl (C=O) groups excluding carboxylic acids is 2. The average molecular weight is 372 g/mol. The fourth-order valence-electron chi connectivity index (χ4n) is 1.91. The van der Waals surface area contributed by atoms with Crippen LogP contribution >= 0.6 is 22.7 Å². The number of nitrogens with one attached hydrogen (secondary N) is 2. The highest BCUT2D eigenvalue weighted by atomic mass is 32.2. The van der Waals surface area contributed by atoms with E-state index in [0.717, 1.165) is 11.3 Å². The van der Waals surface area contributed by atoms with Crippen molar-refractivity contribution in [3.8, 4) is 0 Å². The van der Waals surface area contributed by atoms with Crippen LogP contribution in [0.15, 0.2) is 39.2 Å². The number of rotatable bonds is 6. The maximum absolute atomic E-state index is 12.8. The predicted molar refractivity (Wildman–Crippen MR) is 90.3 cm³/mol. The quantitative estimate of drug-likeness (QED) is 0.753. The molecule has 0 aliphatic carbocycles. The van der Waals surface area contributed by atoms with E-state index in [1.54, 1.807) is 35.9 Å². The van der Waals surface area contributed by atoms with Crippen LogP contribution in [-0.2, 0) is 19.4 Å². The fraction of sp³-hybridized carbons (Fsp3) is 0.286. The van der Waals surface area contributed by atoms with Crippen molar-refractivity contribution in [3.63, 3.8) is 0 Å². The minimum Gasteiger partial charge on any atom is -0.348 e. The Bertz CT molecular complexity index is 752. The van der Waals surface area contributed by atoms with Crippen LogP contribution in [-0.4, -0.2) is 33.3 Å². The van der Waals surface area contributed by atoms with E-state index in [1.807, 2.05) is 0 Å². The number of amides is 2. The van der Waals surface area contributed by atoms with E-state index in [4.69, 9.17) is 0 Å². The van der Waals surface area contributed by atoms with Crippen molar-refractivity contribution in [3.05, 3.63) is 39.9 Å². The zero-order chi connectivity index (χ0) is 16.9. The molecule has 2 rings (SSSR count). The highest BCUT2D eigenvalue weighted by Crippen LogP contribution is 2.33. The lowest BCUT2D eigenvalue weighted by Gasteiger charge is -2.16. The van der Waals surface area contributed by atoms with Crippen LogP contribution < -0.4 is 10.6 Å². The van der Waals surface area contributed by atoms with Gasteiger partial charge in [-0.05, 0) is 29.8 Å². The molecule has 0 radical (unpaired) electrons. The molecule has 2 N–H and O–H groups in total. The molecule has 2 aromatic heterocycles. The second-order valence-electron chi connectivity index (χ2n) is 4.55. The first-order valence-electron chi connectivity index (χ1n) is 6.83. The molecule has 2 heterocycles. The van der Waals surface area contributed by atoms with Crippen LogP contribution in [0.2, 0.25) is 0 Å². The van der Waals surface area contributed by atoms with Gasteiger partial charge in [-0.1, -0.05) is 12.1 Å². The summed E-state index contributed by atoms with van der Waals surface area (Å²) in [6.45, 7) is 1.87. The van der Waals surface area contributed by atoms with Gasteiger partial charge in [-0.25, -0.2) is 8.42 Å². The third kappa shape index (κ3) is 4.18. The minimum absolute atomic E-state index is 0.156. The molecule has 0 fully saturated rings. The number of carbonyl (C=O) groups is 2. The monoisotopic (exact) mass is 372 g/mol. The van der Waals surface area contributed by atoms with Gasteiger partial charge in [0.15, 0.2) is 9.84 Å². The maximum Gasteiger partial charge on any atom is 0.309 e. The lowest BCUT2D eigenvalue weighted by molar-refractivity contribution is -0.139. The molecule has 0 saturated heterocycles. The molecule has 0 unspecified atom stereocenters. The molecule has 0 aliphatic heterocycles. The molecule has 6 nitrogen and oxygen atoms in total. The van der Waals surface area contributed by atoms with Crippen LogP contribution in [0, 0.1) is 0 Å². The Hall–Kier alpha value is -1.71. The number of hydrogen-bond acceptors (Lipinski definition) is 6. The third-order valence-electron chi connectivity index (χ3n) is 3.00. The number of thiophene rings is 2. The molecular weight excluding hydrogens is 356 g/mol. The Labute approximate surface area is 142 Å². The third-order valence-corrected chi connectivity index (χ3v) is 7.65. The molecule has 0 spiro atoms. The SMILES string of the molecule is CCNC(=O)C(=O)NC[C@H](c1cccs1)S(=O)(=O)c1cccs1. The molecule has 0 bridgehead atoms. The Morgan fingerprint density at radius 3 is 2.30 bits per heavy atom. The molecule has 0 aliphatic rings. The minimum atomic E-state index is -3.63. The molecule has 1 atom stereocenters. The van der Waals surface area contributed by atoms with Gasteiger partial charge < -0.3 is 10.6 Å². The van der Waals surface area contributed by atoms with Crippen LogP contribution in [0.5, 0.6) is 0 Å². The predicted octanol–water partition coefficient (Wildman–Crippen LogP) is 1.58. The van der Waals surface area contributed by atoms with Gasteiger partial charge in [0, 0.05) is 18.0 Å². The molecule has 2 amide bonds. The Kier molecular flexibility index (Phi) is 5.91. The highest BCUT2D eigenvalue weighted by molar-refractivity contribution is 7.93. The molecule has 23 heavy (non-hydrogen) atoms. The average Bonchev–Trinajstić information content (AvgIpc) is 3.21. The lowest BCUT2D eigenvalue weighted by atomic mass is 10.3. The van der Waals surface area contributed by atoms with Crippen LogP contribution in [0.25, 0.3) is 0 Å². The van der Waals surface area contributed by atoms with Crippen LogP contribution in [0.1, 0.15) is 17.1 Å². The second-order valence-corrected chi connectivity index (χ2v) is 8.83. The summed E-state index contributed by atoms with van der Waals surface area (Å²) in [5.41, 5.74) is 0. The zero-order valence-electron chi connectivity index (χ0n) is 12.3. The van der Waals surface area contributed by atoms with Crippen molar-refractivity contribution in [2.45, 2.75) is 16.4 Å². The van der Waals surface area contributed by atoms with Gasteiger partial charge in [-0.15, -0.1) is 22.7 Å². The Balaban J connectivity index is 2.20. The molecular formula is C14H16N2O4S3. The van der Waals surface area contributed by atoms with Crippen molar-refractivity contribution in [1.82, 2.24) is 10.6 Å². The van der Waals surface area contributed by atoms with Gasteiger partial charge in [0.25, 0.3) is 0 Å². The normalized spacial score (nSPS) is 12.6. The van der Waals surface area contributed by atoms with Crippen LogP contribution in [0.3, 0.4) is 0 Å². The summed E-state index contributed by atoms with van der Waals surface area (Å²) in [4.78, 5) is 23.8. The Morgan fingerprint density at radius 2 is 1.74 bits per heavy atom. The summed E-state index contributed by atoms with van der Waals surface area (Å²) in [5.74, 6) is -1.61. The molecule has 0 aromatic carbocycles. The smallest absolute Gasteiger partial charge is 0.309 e. The first kappa shape index (κ1) is 17.6. The highest BCUT2D eigenvalue weighted by Gasteiger charge is 2.31. The summed E-state index contributed by atoms with van der Waals surface area (Å²) in [6, 6.07) is 6.66. The van der Waals surface area contributed by atoms with E-state index in [-0.39, 0.29) is 10.8 Å². The molecule has 9 heteroatoms. The molecule has 0 saturated carbocycles. The number of likely N-dealkylation sites (N-methyl/N-ethyl adjacent to an activating group) is 1. The molecule has 124 valence electrons. The summed E-state index contributed by atoms with van der Waals surface area (Å²) < 4.78 is 25.8. The van der Waals surface area contributed by atoms with Crippen molar-refractivity contribution in [2.75, 3.05) is 13.1 Å². The standard InChI is InChI=1S/C14H16N2O4S3/c1-2-15-13(17)14(18)16-9-11(10-5-3-7-21-10)23(19,20)12-6-4-8-22-12/h3-8,11H,2,9H2,1H3,(H,15,17)(H,16,18)/t11-/m1/s1. The lowest BCUT2D eigenvalue weighted by Crippen LogP contribution is -2.42. The topological polar surface area (TPSA) is 92.3 Å². The van der Waals surface area contributed by atoms with Gasteiger partial charge in [-0.2, -0.15) is 0 Å².